The summed E-state index contributed by atoms with van der Waals surface area (Å²) < 4.78 is 3.85. The zero-order chi connectivity index (χ0) is 50.5. The van der Waals surface area contributed by atoms with E-state index < -0.39 is 0 Å². The number of aromatic amines is 1. The van der Waals surface area contributed by atoms with Gasteiger partial charge in [0.05, 0.1) is 18.3 Å². The van der Waals surface area contributed by atoms with Crippen molar-refractivity contribution in [2.45, 2.75) is 138 Å². The molecule has 3 aliphatic rings. The number of H-pyrrole nitrogens is 1. The normalized spacial score (nSPS) is 15.6. The Bertz CT molecular complexity index is 2640. The fraction of sp³-hybridized carbons (Fsp3) is 0.447. The van der Waals surface area contributed by atoms with Crippen molar-refractivity contribution in [1.82, 2.24) is 59.4 Å². The van der Waals surface area contributed by atoms with Crippen LogP contribution in [0.2, 0.25) is 0 Å². The van der Waals surface area contributed by atoms with E-state index in [1.807, 2.05) is 57.0 Å². The van der Waals surface area contributed by atoms with E-state index in [2.05, 4.69) is 143 Å². The van der Waals surface area contributed by atoms with E-state index in [1.54, 1.807) is 44.1 Å². The molecule has 0 radical (unpaired) electrons. The van der Waals surface area contributed by atoms with E-state index in [9.17, 15) is 14.4 Å². The number of carbonyl (C=O) groups excluding carboxylic acids is 2. The molecule has 7 heterocycles. The van der Waals surface area contributed by atoms with Gasteiger partial charge in [-0.3, -0.25) is 19.4 Å². The topological polar surface area (TPSA) is 253 Å². The molecule has 19 nitrogen and oxygen atoms in total. The molecule has 0 unspecified atom stereocenters. The standard InChI is InChI=1S/C10H14N4.C10H16N2O.C9H13N5O.C9H15N3.C9H14N2O/c1-10(2,3)14-6-13-8-7(11)4-5-12-9(8)14;1-7-6-12(10(3,4)5)8(2)11-9(7)13;1-9(2,3)14-4-11-5-6(14)12-8(10)13-7(5)15;1-7-11-8(10)5-6-12(7)9(2,3)4;1-7-10-8(12)5-6-11(7)9(2,3)4/h4-6H,1-3H3,(H2,11,12);6H,2H2,1,3-5H3,(H,11,13);4H,1-3H3,(H3,10,12,13,15);5-6H,1H2,2-4H3,(H2,10,11);5-6H,1H2,2-4H3,(H,10,12). The summed E-state index contributed by atoms with van der Waals surface area (Å²) in [5.41, 5.74) is 20.1. The monoisotopic (exact) mass is 909 g/mol. The van der Waals surface area contributed by atoms with Gasteiger partial charge in [0.2, 0.25) is 5.95 Å². The molecule has 358 valence electrons. The highest BCUT2D eigenvalue weighted by atomic mass is 16.2. The Hall–Kier alpha value is -7.18. The van der Waals surface area contributed by atoms with Crippen molar-refractivity contribution in [3.8, 4) is 0 Å². The number of anilines is 2. The molecule has 0 atom stereocenters. The molecule has 0 saturated heterocycles. The SMILES string of the molecule is C=C1N=C(N)C=CN1C(C)(C)C.C=C1NC(=O)C(C)=CN1C(C)(C)C.C=C1NC(=O)C=CN1C(C)(C)C.CC(C)(C)n1cnc2c(=O)[nH]c(N)nc21.CC(C)(C)n1cnc2c(N)ccnc21. The van der Waals surface area contributed by atoms with Gasteiger partial charge in [0, 0.05) is 64.1 Å². The minimum absolute atomic E-state index is 0.0117. The molecule has 2 amide bonds. The summed E-state index contributed by atoms with van der Waals surface area (Å²) in [6.45, 7) is 44.2. The molecule has 9 N–H and O–H groups in total. The van der Waals surface area contributed by atoms with Gasteiger partial charge in [-0.05, 0) is 123 Å². The van der Waals surface area contributed by atoms with Gasteiger partial charge in [-0.15, -0.1) is 0 Å². The largest absolute Gasteiger partial charge is 0.397 e. The van der Waals surface area contributed by atoms with Crippen molar-refractivity contribution < 1.29 is 9.59 Å². The first-order valence-corrected chi connectivity index (χ1v) is 21.3. The van der Waals surface area contributed by atoms with E-state index >= 15 is 0 Å². The molecule has 0 aliphatic carbocycles. The molecule has 0 saturated carbocycles. The smallest absolute Gasteiger partial charge is 0.280 e. The highest BCUT2D eigenvalue weighted by Gasteiger charge is 2.27. The van der Waals surface area contributed by atoms with Crippen LogP contribution < -0.4 is 33.4 Å². The van der Waals surface area contributed by atoms with Crippen LogP contribution in [0.15, 0.2) is 108 Å². The van der Waals surface area contributed by atoms with Gasteiger partial charge in [-0.2, -0.15) is 4.98 Å². The fourth-order valence-electron chi connectivity index (χ4n) is 6.26. The van der Waals surface area contributed by atoms with Gasteiger partial charge in [-0.25, -0.2) is 19.9 Å². The molecule has 0 aromatic carbocycles. The summed E-state index contributed by atoms with van der Waals surface area (Å²) in [6.07, 6.45) is 13.9. The Labute approximate surface area is 389 Å². The number of amides is 2. The molecule has 19 heteroatoms. The molecule has 4 aromatic rings. The number of aromatic nitrogens is 7. The molecular weight excluding hydrogens is 837 g/mol. The number of amidine groups is 1. The van der Waals surface area contributed by atoms with E-state index in [0.717, 1.165) is 11.2 Å². The van der Waals surface area contributed by atoms with Crippen LogP contribution in [0.3, 0.4) is 0 Å². The summed E-state index contributed by atoms with van der Waals surface area (Å²) in [5.74, 6) is 2.42. The van der Waals surface area contributed by atoms with E-state index in [0.29, 0.717) is 45.7 Å². The number of nitrogens with one attached hydrogen (secondary N) is 3. The Balaban J connectivity index is 0.000000220. The van der Waals surface area contributed by atoms with Gasteiger partial charge in [0.1, 0.15) is 28.8 Å². The number of hydrogen-bond acceptors (Lipinski definition) is 14. The van der Waals surface area contributed by atoms with Crippen LogP contribution in [0.4, 0.5) is 11.6 Å². The van der Waals surface area contributed by atoms with Crippen LogP contribution in [-0.2, 0) is 20.7 Å². The maximum Gasteiger partial charge on any atom is 0.280 e. The van der Waals surface area contributed by atoms with Crippen molar-refractivity contribution in [2.24, 2.45) is 10.7 Å². The number of pyridine rings is 1. The third-order valence-electron chi connectivity index (χ3n) is 9.60. The Kier molecular flexibility index (Phi) is 16.0. The van der Waals surface area contributed by atoms with E-state index in [1.165, 1.54) is 6.08 Å². The molecule has 3 aliphatic heterocycles. The van der Waals surface area contributed by atoms with Gasteiger partial charge >= 0.3 is 0 Å². The summed E-state index contributed by atoms with van der Waals surface area (Å²) in [5, 5.41) is 5.35. The Morgan fingerprint density at radius 1 is 0.606 bits per heavy atom. The number of aliphatic imine (C=N–C) groups is 1. The molecule has 4 aromatic heterocycles. The maximum atomic E-state index is 11.5. The van der Waals surface area contributed by atoms with Crippen LogP contribution in [0, 0.1) is 0 Å². The molecule has 0 bridgehead atoms. The first-order chi connectivity index (χ1) is 30.0. The van der Waals surface area contributed by atoms with Crippen LogP contribution in [0.5, 0.6) is 0 Å². The average Bonchev–Trinajstić information content (AvgIpc) is 3.79. The lowest BCUT2D eigenvalue weighted by Gasteiger charge is -2.38. The molecule has 0 fully saturated rings. The van der Waals surface area contributed by atoms with Crippen molar-refractivity contribution >= 4 is 51.6 Å². The molecular formula is C47H72N16O3. The number of imidazole rings is 2. The van der Waals surface area contributed by atoms with E-state index in [4.69, 9.17) is 17.2 Å². The second-order valence-electron chi connectivity index (χ2n) is 20.6. The predicted octanol–water partition coefficient (Wildman–Crippen LogP) is 6.46. The van der Waals surface area contributed by atoms with Crippen LogP contribution in [0.25, 0.3) is 22.3 Å². The number of nitrogens with two attached hydrogens (primary N) is 3. The van der Waals surface area contributed by atoms with Crippen molar-refractivity contribution in [1.29, 1.82) is 0 Å². The average molecular weight is 909 g/mol. The summed E-state index contributed by atoms with van der Waals surface area (Å²) in [7, 11) is 0. The van der Waals surface area contributed by atoms with Crippen LogP contribution in [0.1, 0.15) is 111 Å². The number of hydrogen-bond donors (Lipinski definition) is 6. The number of rotatable bonds is 0. The van der Waals surface area contributed by atoms with Crippen molar-refractivity contribution in [3.05, 3.63) is 109 Å². The second-order valence-corrected chi connectivity index (χ2v) is 20.6. The zero-order valence-corrected chi connectivity index (χ0v) is 41.7. The van der Waals surface area contributed by atoms with Crippen LogP contribution in [-0.4, -0.2) is 83.0 Å². The minimum Gasteiger partial charge on any atom is -0.397 e. The lowest BCUT2D eigenvalue weighted by molar-refractivity contribution is -0.118. The van der Waals surface area contributed by atoms with Crippen molar-refractivity contribution in [2.75, 3.05) is 11.5 Å². The summed E-state index contributed by atoms with van der Waals surface area (Å²) >= 11 is 0. The Morgan fingerprint density at radius 3 is 1.61 bits per heavy atom. The van der Waals surface area contributed by atoms with Gasteiger partial charge in [0.25, 0.3) is 17.4 Å². The number of nitrogen functional groups attached to an aromatic ring is 2. The lowest BCUT2D eigenvalue weighted by atomic mass is 10.1. The molecule has 66 heavy (non-hydrogen) atoms. The van der Waals surface area contributed by atoms with Gasteiger partial charge in [0.15, 0.2) is 16.8 Å². The number of fused-ring (bicyclic) bond motifs is 2. The van der Waals surface area contributed by atoms with Gasteiger partial charge < -0.3 is 51.7 Å². The third kappa shape index (κ3) is 13.9. The molecule has 7 rings (SSSR count). The summed E-state index contributed by atoms with van der Waals surface area (Å²) in [4.78, 5) is 62.6. The number of carbonyl (C=O) groups is 2. The molecule has 0 spiro atoms. The highest BCUT2D eigenvalue weighted by molar-refractivity contribution is 5.95. The Morgan fingerprint density at radius 2 is 1.11 bits per heavy atom. The van der Waals surface area contributed by atoms with E-state index in [-0.39, 0.29) is 51.0 Å². The maximum absolute atomic E-state index is 11.5. The fourth-order valence-corrected chi connectivity index (χ4v) is 6.26. The third-order valence-corrected chi connectivity index (χ3v) is 9.60. The highest BCUT2D eigenvalue weighted by Crippen LogP contribution is 2.25. The lowest BCUT2D eigenvalue weighted by Crippen LogP contribution is -2.46. The number of nitrogens with zero attached hydrogens (tertiary/aromatic N) is 10. The summed E-state index contributed by atoms with van der Waals surface area (Å²) in [6, 6.07) is 1.77. The zero-order valence-electron chi connectivity index (χ0n) is 41.7. The predicted molar refractivity (Wildman–Crippen MR) is 267 cm³/mol. The first-order valence-electron chi connectivity index (χ1n) is 21.3. The minimum atomic E-state index is -0.305. The first kappa shape index (κ1) is 53.2. The second kappa shape index (κ2) is 19.9. The van der Waals surface area contributed by atoms with Crippen molar-refractivity contribution in [3.63, 3.8) is 0 Å². The van der Waals surface area contributed by atoms with Crippen LogP contribution >= 0.6 is 0 Å². The van der Waals surface area contributed by atoms with Gasteiger partial charge in [-0.1, -0.05) is 19.7 Å². The quantitative estimate of drug-likeness (QED) is 0.111.